The van der Waals surface area contributed by atoms with Crippen molar-refractivity contribution in [1.29, 1.82) is 0 Å². The van der Waals surface area contributed by atoms with E-state index in [-0.39, 0.29) is 17.9 Å². The summed E-state index contributed by atoms with van der Waals surface area (Å²) in [5.74, 6) is 0.665. The first kappa shape index (κ1) is 18.2. The fraction of sp³-hybridized carbons (Fsp3) is 0.526. The number of ether oxygens (including phenoxy) is 1. The molecule has 0 aliphatic carbocycles. The fourth-order valence-corrected chi connectivity index (χ4v) is 3.06. The van der Waals surface area contributed by atoms with Gasteiger partial charge in [-0.1, -0.05) is 12.1 Å². The average molecular weight is 358 g/mol. The standard InChI is InChI=1S/C19H26N4O3/c1-19(2,3)26-18(25)23-10-8-13(9-11-23)17(24)20-12-16-21-14-6-4-5-7-15(14)22-16/h4-7,13H,8-12H2,1-3H3,(H,20,24)(H,21,22). The molecule has 0 saturated carbocycles. The molecule has 0 bridgehead atoms. The Bertz CT molecular complexity index is 752. The molecule has 1 aromatic heterocycles. The van der Waals surface area contributed by atoms with E-state index in [1.807, 2.05) is 45.0 Å². The molecular weight excluding hydrogens is 332 g/mol. The molecule has 7 heteroatoms. The number of nitrogens with one attached hydrogen (secondary N) is 2. The third kappa shape index (κ3) is 4.53. The van der Waals surface area contributed by atoms with Crippen LogP contribution in [0.25, 0.3) is 11.0 Å². The van der Waals surface area contributed by atoms with E-state index in [1.165, 1.54) is 0 Å². The summed E-state index contributed by atoms with van der Waals surface area (Å²) in [4.78, 5) is 33.8. The van der Waals surface area contributed by atoms with E-state index in [9.17, 15) is 9.59 Å². The van der Waals surface area contributed by atoms with Crippen molar-refractivity contribution in [3.63, 3.8) is 0 Å². The average Bonchev–Trinajstić information content (AvgIpc) is 3.01. The molecule has 2 N–H and O–H groups in total. The third-order valence-electron chi connectivity index (χ3n) is 4.39. The van der Waals surface area contributed by atoms with Gasteiger partial charge in [0.05, 0.1) is 17.6 Å². The Morgan fingerprint density at radius 2 is 1.96 bits per heavy atom. The van der Waals surface area contributed by atoms with Crippen LogP contribution in [0.1, 0.15) is 39.4 Å². The number of H-pyrrole nitrogens is 1. The smallest absolute Gasteiger partial charge is 0.410 e. The number of imidazole rings is 1. The predicted octanol–water partition coefficient (Wildman–Crippen LogP) is 2.83. The summed E-state index contributed by atoms with van der Waals surface area (Å²) in [6.07, 6.45) is 0.981. The van der Waals surface area contributed by atoms with Crippen molar-refractivity contribution in [1.82, 2.24) is 20.2 Å². The number of carbonyl (C=O) groups excluding carboxylic acids is 2. The topological polar surface area (TPSA) is 87.3 Å². The van der Waals surface area contributed by atoms with Crippen molar-refractivity contribution in [2.45, 2.75) is 45.8 Å². The highest BCUT2D eigenvalue weighted by molar-refractivity contribution is 5.79. The van der Waals surface area contributed by atoms with Crippen LogP contribution in [0.15, 0.2) is 24.3 Å². The molecule has 7 nitrogen and oxygen atoms in total. The van der Waals surface area contributed by atoms with Gasteiger partial charge in [0.15, 0.2) is 0 Å². The van der Waals surface area contributed by atoms with Crippen molar-refractivity contribution in [3.8, 4) is 0 Å². The first-order valence-electron chi connectivity index (χ1n) is 9.01. The summed E-state index contributed by atoms with van der Waals surface area (Å²) >= 11 is 0. The van der Waals surface area contributed by atoms with Gasteiger partial charge >= 0.3 is 6.09 Å². The number of hydrogen-bond donors (Lipinski definition) is 2. The van der Waals surface area contributed by atoms with E-state index in [2.05, 4.69) is 15.3 Å². The van der Waals surface area contributed by atoms with Crippen LogP contribution in [0.2, 0.25) is 0 Å². The molecule has 2 amide bonds. The lowest BCUT2D eigenvalue weighted by molar-refractivity contribution is -0.126. The van der Waals surface area contributed by atoms with E-state index in [1.54, 1.807) is 4.90 Å². The molecule has 3 rings (SSSR count). The zero-order chi connectivity index (χ0) is 18.7. The molecule has 1 aliphatic heterocycles. The van der Waals surface area contributed by atoms with Gasteiger partial charge in [-0.25, -0.2) is 9.78 Å². The van der Waals surface area contributed by atoms with Crippen LogP contribution in [0, 0.1) is 5.92 Å². The van der Waals surface area contributed by atoms with Crippen molar-refractivity contribution in [3.05, 3.63) is 30.1 Å². The molecule has 2 heterocycles. The van der Waals surface area contributed by atoms with E-state index in [4.69, 9.17) is 4.74 Å². The molecule has 0 radical (unpaired) electrons. The second-order valence-corrected chi connectivity index (χ2v) is 7.66. The van der Waals surface area contributed by atoms with Crippen LogP contribution < -0.4 is 5.32 Å². The number of nitrogens with zero attached hydrogens (tertiary/aromatic N) is 2. The van der Waals surface area contributed by atoms with Crippen LogP contribution in [-0.2, 0) is 16.1 Å². The molecule has 2 aromatic rings. The largest absolute Gasteiger partial charge is 0.444 e. The van der Waals surface area contributed by atoms with Crippen LogP contribution >= 0.6 is 0 Å². The molecular formula is C19H26N4O3. The molecule has 26 heavy (non-hydrogen) atoms. The number of likely N-dealkylation sites (tertiary alicyclic amines) is 1. The molecule has 1 aliphatic rings. The van der Waals surface area contributed by atoms with Crippen LogP contribution in [-0.4, -0.2) is 45.6 Å². The number of carbonyl (C=O) groups is 2. The lowest BCUT2D eigenvalue weighted by Gasteiger charge is -2.32. The maximum absolute atomic E-state index is 12.4. The molecule has 0 unspecified atom stereocenters. The molecule has 1 aromatic carbocycles. The molecule has 0 spiro atoms. The highest BCUT2D eigenvalue weighted by Gasteiger charge is 2.29. The Kier molecular flexibility index (Phi) is 5.15. The van der Waals surface area contributed by atoms with E-state index < -0.39 is 5.60 Å². The van der Waals surface area contributed by atoms with Crippen LogP contribution in [0.3, 0.4) is 0 Å². The molecule has 1 saturated heterocycles. The van der Waals surface area contributed by atoms with Gasteiger partial charge in [0.1, 0.15) is 11.4 Å². The van der Waals surface area contributed by atoms with Gasteiger partial charge in [0.25, 0.3) is 0 Å². The van der Waals surface area contributed by atoms with E-state index >= 15 is 0 Å². The highest BCUT2D eigenvalue weighted by atomic mass is 16.6. The Hall–Kier alpha value is -2.57. The third-order valence-corrected chi connectivity index (χ3v) is 4.39. The van der Waals surface area contributed by atoms with Gasteiger partial charge in [0, 0.05) is 19.0 Å². The summed E-state index contributed by atoms with van der Waals surface area (Å²) in [6.45, 7) is 7.00. The van der Waals surface area contributed by atoms with Gasteiger partial charge < -0.3 is 19.9 Å². The zero-order valence-corrected chi connectivity index (χ0v) is 15.5. The first-order valence-corrected chi connectivity index (χ1v) is 9.01. The Morgan fingerprint density at radius 1 is 1.27 bits per heavy atom. The van der Waals surface area contributed by atoms with Gasteiger partial charge in [-0.05, 0) is 45.7 Å². The highest BCUT2D eigenvalue weighted by Crippen LogP contribution is 2.20. The van der Waals surface area contributed by atoms with Gasteiger partial charge in [0.2, 0.25) is 5.91 Å². The quantitative estimate of drug-likeness (QED) is 0.883. The minimum Gasteiger partial charge on any atom is -0.444 e. The Balaban J connectivity index is 1.47. The van der Waals surface area contributed by atoms with Crippen molar-refractivity contribution >= 4 is 23.0 Å². The molecule has 0 atom stereocenters. The summed E-state index contributed by atoms with van der Waals surface area (Å²) < 4.78 is 5.38. The van der Waals surface area contributed by atoms with Crippen molar-refractivity contribution in [2.75, 3.05) is 13.1 Å². The lowest BCUT2D eigenvalue weighted by Crippen LogP contribution is -2.44. The maximum Gasteiger partial charge on any atom is 0.410 e. The number of rotatable bonds is 3. The van der Waals surface area contributed by atoms with E-state index in [0.29, 0.717) is 32.5 Å². The number of aromatic amines is 1. The van der Waals surface area contributed by atoms with Crippen molar-refractivity contribution < 1.29 is 14.3 Å². The number of amides is 2. The lowest BCUT2D eigenvalue weighted by atomic mass is 9.96. The van der Waals surface area contributed by atoms with Gasteiger partial charge in [-0.15, -0.1) is 0 Å². The number of piperidine rings is 1. The zero-order valence-electron chi connectivity index (χ0n) is 15.5. The summed E-state index contributed by atoms with van der Waals surface area (Å²) in [7, 11) is 0. The van der Waals surface area contributed by atoms with Gasteiger partial charge in [-0.2, -0.15) is 0 Å². The monoisotopic (exact) mass is 358 g/mol. The minimum absolute atomic E-state index is 0.00861. The fourth-order valence-electron chi connectivity index (χ4n) is 3.06. The molecule has 1 fully saturated rings. The SMILES string of the molecule is CC(C)(C)OC(=O)N1CCC(C(=O)NCc2nc3ccccc3[nH]2)CC1. The normalized spacial score (nSPS) is 15.9. The first-order chi connectivity index (χ1) is 12.3. The summed E-state index contributed by atoms with van der Waals surface area (Å²) in [6, 6.07) is 7.77. The number of hydrogen-bond acceptors (Lipinski definition) is 4. The summed E-state index contributed by atoms with van der Waals surface area (Å²) in [5.41, 5.74) is 1.35. The summed E-state index contributed by atoms with van der Waals surface area (Å²) in [5, 5.41) is 2.94. The van der Waals surface area contributed by atoms with Crippen molar-refractivity contribution in [2.24, 2.45) is 5.92 Å². The second kappa shape index (κ2) is 7.35. The molecule has 140 valence electrons. The minimum atomic E-state index is -0.502. The number of benzene rings is 1. The van der Waals surface area contributed by atoms with Crippen LogP contribution in [0.5, 0.6) is 0 Å². The van der Waals surface area contributed by atoms with Gasteiger partial charge in [-0.3, -0.25) is 4.79 Å². The van der Waals surface area contributed by atoms with E-state index in [0.717, 1.165) is 16.9 Å². The Morgan fingerprint density at radius 3 is 2.62 bits per heavy atom. The van der Waals surface area contributed by atoms with Crippen LogP contribution in [0.4, 0.5) is 4.79 Å². The number of para-hydroxylation sites is 2. The number of aromatic nitrogens is 2. The Labute approximate surface area is 153 Å². The second-order valence-electron chi connectivity index (χ2n) is 7.66. The predicted molar refractivity (Wildman–Crippen MR) is 98.5 cm³/mol. The maximum atomic E-state index is 12.4. The number of fused-ring (bicyclic) bond motifs is 1.